The first-order chi connectivity index (χ1) is 13.3. The van der Waals surface area contributed by atoms with Crippen LogP contribution in [0.15, 0.2) is 24.8 Å². The predicted octanol–water partition coefficient (Wildman–Crippen LogP) is 3.02. The van der Waals surface area contributed by atoms with E-state index in [0.717, 1.165) is 36.2 Å². The van der Waals surface area contributed by atoms with E-state index in [1.807, 2.05) is 24.0 Å². The topological polar surface area (TPSA) is 73.5 Å². The number of aryl methyl sites for hydroxylation is 1. The first-order valence-corrected chi connectivity index (χ1v) is 9.06. The van der Waals surface area contributed by atoms with Gasteiger partial charge in [-0.25, -0.2) is 15.0 Å². The number of aromatic nitrogens is 6. The molecule has 1 N–H and O–H groups in total. The zero-order valence-electron chi connectivity index (χ0n) is 15.5. The second-order valence-corrected chi connectivity index (χ2v) is 6.83. The number of hydrogen-bond acceptors (Lipinski definition) is 5. The summed E-state index contributed by atoms with van der Waals surface area (Å²) in [5.74, 6) is 1.17. The molecule has 0 saturated heterocycles. The van der Waals surface area contributed by atoms with Crippen molar-refractivity contribution in [1.82, 2.24) is 29.3 Å². The molecule has 0 spiro atoms. The van der Waals surface area contributed by atoms with Gasteiger partial charge in [0.2, 0.25) is 0 Å². The molecular formula is C18H20F3N7. The largest absolute Gasteiger partial charge is 0.421 e. The van der Waals surface area contributed by atoms with Crippen molar-refractivity contribution >= 4 is 5.82 Å². The first-order valence-electron chi connectivity index (χ1n) is 9.06. The van der Waals surface area contributed by atoms with E-state index in [1.165, 1.54) is 0 Å². The Morgan fingerprint density at radius 3 is 2.82 bits per heavy atom. The fraction of sp³-hybridized carbons (Fsp3) is 0.444. The molecule has 7 nitrogen and oxygen atoms in total. The van der Waals surface area contributed by atoms with Crippen molar-refractivity contribution in [3.63, 3.8) is 0 Å². The summed E-state index contributed by atoms with van der Waals surface area (Å²) in [4.78, 5) is 12.4. The Bertz CT molecular complexity index is 969. The number of halogens is 3. The standard InChI is InChI=1S/C18H20F3N7/c1-3-22-17-14(18(19,20)21)8-24-15(25-17)6-12-9-28(26-11(12)2)13-7-16-23-4-5-27(16)10-13/h4-5,8-9,13H,3,6-7,10H2,1-2H3,(H,22,24,25)/t13-/m1/s1. The highest BCUT2D eigenvalue weighted by atomic mass is 19.4. The lowest BCUT2D eigenvalue weighted by Gasteiger charge is -2.13. The quantitative estimate of drug-likeness (QED) is 0.724. The molecule has 10 heteroatoms. The van der Waals surface area contributed by atoms with Crippen LogP contribution in [0.25, 0.3) is 0 Å². The highest BCUT2D eigenvalue weighted by Gasteiger charge is 2.35. The van der Waals surface area contributed by atoms with Crippen molar-refractivity contribution in [2.24, 2.45) is 0 Å². The maximum Gasteiger partial charge on any atom is 0.421 e. The molecule has 0 unspecified atom stereocenters. The van der Waals surface area contributed by atoms with Crippen LogP contribution in [0.3, 0.4) is 0 Å². The van der Waals surface area contributed by atoms with Gasteiger partial charge in [-0.05, 0) is 13.8 Å². The van der Waals surface area contributed by atoms with Gasteiger partial charge < -0.3 is 9.88 Å². The van der Waals surface area contributed by atoms with Gasteiger partial charge in [0.15, 0.2) is 0 Å². The minimum Gasteiger partial charge on any atom is -0.370 e. The number of nitrogens with one attached hydrogen (secondary N) is 1. The van der Waals surface area contributed by atoms with Gasteiger partial charge in [-0.1, -0.05) is 0 Å². The molecule has 1 aliphatic rings. The van der Waals surface area contributed by atoms with Gasteiger partial charge in [0.25, 0.3) is 0 Å². The van der Waals surface area contributed by atoms with Gasteiger partial charge in [-0.2, -0.15) is 18.3 Å². The molecule has 148 valence electrons. The monoisotopic (exact) mass is 391 g/mol. The third-order valence-electron chi connectivity index (χ3n) is 4.86. The van der Waals surface area contributed by atoms with Crippen LogP contribution in [0.1, 0.15) is 41.4 Å². The Morgan fingerprint density at radius 1 is 1.29 bits per heavy atom. The summed E-state index contributed by atoms with van der Waals surface area (Å²) in [5, 5.41) is 7.27. The summed E-state index contributed by atoms with van der Waals surface area (Å²) < 4.78 is 43.4. The van der Waals surface area contributed by atoms with E-state index < -0.39 is 11.7 Å². The third-order valence-corrected chi connectivity index (χ3v) is 4.86. The highest BCUT2D eigenvalue weighted by Crippen LogP contribution is 2.33. The number of alkyl halides is 3. The number of rotatable bonds is 5. The Balaban J connectivity index is 1.55. The molecule has 4 rings (SSSR count). The van der Waals surface area contributed by atoms with Gasteiger partial charge in [0, 0.05) is 56.3 Å². The molecule has 0 bridgehead atoms. The molecule has 0 radical (unpaired) electrons. The molecule has 4 heterocycles. The van der Waals surface area contributed by atoms with Crippen LogP contribution in [0.4, 0.5) is 19.0 Å². The molecule has 1 aliphatic heterocycles. The lowest BCUT2D eigenvalue weighted by molar-refractivity contribution is -0.137. The third kappa shape index (κ3) is 3.46. The van der Waals surface area contributed by atoms with E-state index in [9.17, 15) is 13.2 Å². The highest BCUT2D eigenvalue weighted by molar-refractivity contribution is 5.45. The summed E-state index contributed by atoms with van der Waals surface area (Å²) >= 11 is 0. The number of fused-ring (bicyclic) bond motifs is 1. The van der Waals surface area contributed by atoms with Crippen LogP contribution >= 0.6 is 0 Å². The van der Waals surface area contributed by atoms with Crippen LogP contribution in [-0.4, -0.2) is 35.8 Å². The summed E-state index contributed by atoms with van der Waals surface area (Å²) in [6.45, 7) is 4.75. The van der Waals surface area contributed by atoms with Gasteiger partial charge >= 0.3 is 6.18 Å². The minimum absolute atomic E-state index is 0.182. The molecule has 3 aromatic rings. The predicted molar refractivity (Wildman–Crippen MR) is 95.9 cm³/mol. The molecule has 0 aliphatic carbocycles. The molecule has 0 saturated carbocycles. The fourth-order valence-corrected chi connectivity index (χ4v) is 3.44. The van der Waals surface area contributed by atoms with Crippen molar-refractivity contribution < 1.29 is 13.2 Å². The summed E-state index contributed by atoms with van der Waals surface area (Å²) in [5.41, 5.74) is 0.857. The van der Waals surface area contributed by atoms with Crippen molar-refractivity contribution in [3.8, 4) is 0 Å². The molecule has 28 heavy (non-hydrogen) atoms. The molecule has 1 atom stereocenters. The van der Waals surface area contributed by atoms with Crippen LogP contribution in [0.5, 0.6) is 0 Å². The Hall–Kier alpha value is -2.91. The lowest BCUT2D eigenvalue weighted by Crippen LogP contribution is -2.14. The Morgan fingerprint density at radius 2 is 2.11 bits per heavy atom. The van der Waals surface area contributed by atoms with E-state index in [-0.39, 0.29) is 11.9 Å². The second-order valence-electron chi connectivity index (χ2n) is 6.83. The smallest absolute Gasteiger partial charge is 0.370 e. The van der Waals surface area contributed by atoms with Crippen molar-refractivity contribution in [2.75, 3.05) is 11.9 Å². The van der Waals surface area contributed by atoms with E-state index in [4.69, 9.17) is 0 Å². The molecular weight excluding hydrogens is 371 g/mol. The van der Waals surface area contributed by atoms with Crippen LogP contribution < -0.4 is 5.32 Å². The zero-order chi connectivity index (χ0) is 19.9. The first kappa shape index (κ1) is 18.5. The molecule has 0 aromatic carbocycles. The van der Waals surface area contributed by atoms with E-state index in [1.54, 1.807) is 13.1 Å². The summed E-state index contributed by atoms with van der Waals surface area (Å²) in [7, 11) is 0. The van der Waals surface area contributed by atoms with E-state index in [2.05, 4.69) is 29.9 Å². The fourth-order valence-electron chi connectivity index (χ4n) is 3.44. The number of hydrogen-bond donors (Lipinski definition) is 1. The maximum atomic E-state index is 13.1. The minimum atomic E-state index is -4.50. The summed E-state index contributed by atoms with van der Waals surface area (Å²) in [6, 6.07) is 0.182. The average Bonchev–Trinajstić information content (AvgIpc) is 3.29. The van der Waals surface area contributed by atoms with Crippen molar-refractivity contribution in [2.45, 2.75) is 45.5 Å². The SMILES string of the molecule is CCNc1nc(Cc2cn([C@@H]3Cc4nccn4C3)nc2C)ncc1C(F)(F)F. The van der Waals surface area contributed by atoms with Gasteiger partial charge in [0.1, 0.15) is 23.0 Å². The maximum absolute atomic E-state index is 13.1. The Kier molecular flexibility index (Phi) is 4.56. The summed E-state index contributed by atoms with van der Waals surface area (Å²) in [6.07, 6.45) is 3.13. The molecule has 3 aromatic heterocycles. The molecule has 0 amide bonds. The molecule has 0 fully saturated rings. The Labute approximate surface area is 159 Å². The van der Waals surface area contributed by atoms with Gasteiger partial charge in [-0.15, -0.1) is 0 Å². The normalized spacial score (nSPS) is 16.4. The van der Waals surface area contributed by atoms with Crippen molar-refractivity contribution in [3.05, 3.63) is 53.3 Å². The second kappa shape index (κ2) is 6.92. The van der Waals surface area contributed by atoms with Gasteiger partial charge in [-0.3, -0.25) is 4.68 Å². The van der Waals surface area contributed by atoms with Gasteiger partial charge in [0.05, 0.1) is 11.7 Å². The van der Waals surface area contributed by atoms with Crippen molar-refractivity contribution in [1.29, 1.82) is 0 Å². The number of imidazole rings is 1. The van der Waals surface area contributed by atoms with Crippen LogP contribution in [0, 0.1) is 6.92 Å². The zero-order valence-corrected chi connectivity index (χ0v) is 15.5. The number of nitrogens with zero attached hydrogens (tertiary/aromatic N) is 6. The lowest BCUT2D eigenvalue weighted by atomic mass is 10.2. The average molecular weight is 391 g/mol. The van der Waals surface area contributed by atoms with Crippen LogP contribution in [0.2, 0.25) is 0 Å². The van der Waals surface area contributed by atoms with Crippen LogP contribution in [-0.2, 0) is 25.6 Å². The number of anilines is 1. The van der Waals surface area contributed by atoms with E-state index >= 15 is 0 Å². The van der Waals surface area contributed by atoms with E-state index in [0.29, 0.717) is 18.8 Å².